The van der Waals surface area contributed by atoms with Crippen LogP contribution in [0.2, 0.25) is 0 Å². The predicted molar refractivity (Wildman–Crippen MR) is 297 cm³/mol. The van der Waals surface area contributed by atoms with Gasteiger partial charge in [-0.05, 0) is 125 Å². The van der Waals surface area contributed by atoms with Crippen LogP contribution in [-0.2, 0) is 36.1 Å². The Morgan fingerprint density at radius 2 is 1.05 bits per heavy atom. The molecule has 3 atom stereocenters. The van der Waals surface area contributed by atoms with Gasteiger partial charge >= 0.3 is 68.9 Å². The van der Waals surface area contributed by atoms with Crippen LogP contribution < -0.4 is 66.9 Å². The van der Waals surface area contributed by atoms with E-state index in [1.165, 1.54) is 55.2 Å². The maximum absolute atomic E-state index is 16.2. The second-order valence-electron chi connectivity index (χ2n) is 19.8. The van der Waals surface area contributed by atoms with Gasteiger partial charge in [0.05, 0.1) is 24.8 Å². The summed E-state index contributed by atoms with van der Waals surface area (Å²) in [5.74, 6) is -12.3. The zero-order chi connectivity index (χ0) is 57.9. The third-order valence-electron chi connectivity index (χ3n) is 14.4. The van der Waals surface area contributed by atoms with Crippen molar-refractivity contribution < 1.29 is 96.7 Å². The third-order valence-corrected chi connectivity index (χ3v) is 14.8. The monoisotopic (exact) mass is 1240 g/mol. The van der Waals surface area contributed by atoms with E-state index in [-0.39, 0.29) is 70.5 Å². The normalized spacial score (nSPS) is 14.6. The summed E-state index contributed by atoms with van der Waals surface area (Å²) in [6, 6.07) is 27.7. The fourth-order valence-corrected chi connectivity index (χ4v) is 10.1. The first-order chi connectivity index (χ1) is 38.6. The summed E-state index contributed by atoms with van der Waals surface area (Å²) >= 11 is 3.09. The van der Waals surface area contributed by atoms with Crippen LogP contribution in [0.15, 0.2) is 174 Å². The van der Waals surface area contributed by atoms with E-state index in [0.29, 0.717) is 28.1 Å². The number of benzene rings is 4. The molecule has 0 aliphatic carbocycles. The van der Waals surface area contributed by atoms with Crippen LogP contribution in [0.4, 0.5) is 46.5 Å². The molecule has 3 unspecified atom stereocenters. The third kappa shape index (κ3) is 13.4. The number of alkyl halides is 4. The molecular weight excluding hydrogens is 1180 g/mol. The SMILES string of the molecule is CCC(C(C)C)n1ncn(-c2ccc(N3CCN(c4ccc(-c5ccc(C(F)(F)C(O)(Cn6cccn6)c6ccc(F)cc6F)nc5)cc4)CC3)cc2)c1=O.OC(Cn1cccn1)(c1ccc(F)cc1F)C(F)(F)c1ccc(Br)cn1.[CH3-].[K+]. The van der Waals surface area contributed by atoms with Crippen LogP contribution in [0.3, 0.4) is 0 Å². The van der Waals surface area contributed by atoms with Crippen molar-refractivity contribution in [1.82, 2.24) is 43.9 Å². The Labute approximate surface area is 524 Å². The molecule has 10 rings (SSSR count). The summed E-state index contributed by atoms with van der Waals surface area (Å²) < 4.78 is 125. The Morgan fingerprint density at radius 3 is 1.45 bits per heavy atom. The van der Waals surface area contributed by atoms with Crippen LogP contribution in [0, 0.1) is 36.6 Å². The quantitative estimate of drug-likeness (QED) is 0.0516. The number of piperazine rings is 1. The molecule has 4 aromatic carbocycles. The molecule has 6 heterocycles. The van der Waals surface area contributed by atoms with Crippen LogP contribution >= 0.6 is 15.9 Å². The van der Waals surface area contributed by atoms with E-state index in [1.807, 2.05) is 48.5 Å². The van der Waals surface area contributed by atoms with Crippen molar-refractivity contribution in [2.75, 3.05) is 36.0 Å². The Bertz CT molecular complexity index is 3610. The minimum atomic E-state index is -4.10. The molecule has 24 heteroatoms. The molecule has 1 aliphatic heterocycles. The van der Waals surface area contributed by atoms with Gasteiger partial charge in [-0.15, -0.1) is 0 Å². The molecule has 0 spiro atoms. The number of rotatable bonds is 17. The summed E-state index contributed by atoms with van der Waals surface area (Å²) in [6.07, 6.45) is 10.2. The second kappa shape index (κ2) is 26.7. The van der Waals surface area contributed by atoms with E-state index in [1.54, 1.807) is 15.6 Å². The van der Waals surface area contributed by atoms with Gasteiger partial charge in [-0.1, -0.05) is 39.0 Å². The standard InChI is InChI=1S/C41H42F4N8O2.C17H12BrF4N3O.CH3.K/c1-4-37(28(2)3)53-39(54)52(27-48-53)34-14-12-33(13-15-34)50-22-20-49(21-23-50)32-10-6-29(7-11-32)30-8-17-38(46-25-30)41(44,45)40(55,26-51-19-5-18-47-51)35-16-9-31(42)24-36(35)43;18-11-2-5-15(23-9-11)17(21,22)16(26,10-25-7-1-6-24-25)13-4-3-12(19)8-14(13)20;;/h5-19,24-25,27-28,37,55H,4,20-23,26H2,1-3H3;1-9,26H,10H2;1H3;/q;;-1;+1. The minimum absolute atomic E-state index is 0. The van der Waals surface area contributed by atoms with Crippen molar-refractivity contribution in [2.45, 2.75) is 69.4 Å². The molecule has 83 heavy (non-hydrogen) atoms. The zero-order valence-electron chi connectivity index (χ0n) is 45.8. The Kier molecular flexibility index (Phi) is 20.6. The van der Waals surface area contributed by atoms with Gasteiger partial charge < -0.3 is 27.4 Å². The number of nitrogens with zero attached hydrogens (tertiary/aromatic N) is 11. The molecule has 1 aliphatic rings. The van der Waals surface area contributed by atoms with Gasteiger partial charge in [-0.3, -0.25) is 19.3 Å². The molecule has 0 bridgehead atoms. The van der Waals surface area contributed by atoms with Gasteiger partial charge in [0.2, 0.25) is 0 Å². The molecule has 1 saturated heterocycles. The van der Waals surface area contributed by atoms with Crippen molar-refractivity contribution in [3.05, 3.63) is 233 Å². The van der Waals surface area contributed by atoms with E-state index >= 15 is 17.6 Å². The topological polar surface area (TPSA) is 148 Å². The molecule has 14 nitrogen and oxygen atoms in total. The first-order valence-corrected chi connectivity index (χ1v) is 26.4. The predicted octanol–water partition coefficient (Wildman–Crippen LogP) is 8.64. The molecule has 2 N–H and O–H groups in total. The molecule has 0 amide bonds. The first kappa shape index (κ1) is 64.2. The second-order valence-corrected chi connectivity index (χ2v) is 20.7. The van der Waals surface area contributed by atoms with Crippen molar-refractivity contribution in [3.8, 4) is 16.8 Å². The molecule has 9 aromatic rings. The number of pyridine rings is 2. The Hall–Kier alpha value is -6.38. The van der Waals surface area contributed by atoms with E-state index < -0.39 is 81.9 Å². The van der Waals surface area contributed by atoms with Gasteiger partial charge in [0.25, 0.3) is 0 Å². The van der Waals surface area contributed by atoms with E-state index in [4.69, 9.17) is 0 Å². The molecule has 1 fully saturated rings. The van der Waals surface area contributed by atoms with Crippen molar-refractivity contribution in [2.24, 2.45) is 5.92 Å². The zero-order valence-corrected chi connectivity index (χ0v) is 50.5. The molecule has 430 valence electrons. The summed E-state index contributed by atoms with van der Waals surface area (Å²) in [7, 11) is 0. The largest absolute Gasteiger partial charge is 1.00 e. The number of anilines is 2. The van der Waals surface area contributed by atoms with E-state index in [2.05, 4.69) is 71.8 Å². The molecule has 0 saturated carbocycles. The molecular formula is C59H57BrF8KN11O3. The van der Waals surface area contributed by atoms with Crippen LogP contribution in [0.1, 0.15) is 55.7 Å². The van der Waals surface area contributed by atoms with Crippen LogP contribution in [0.5, 0.6) is 0 Å². The minimum Gasteiger partial charge on any atom is -0.377 e. The number of halogens is 9. The maximum Gasteiger partial charge on any atom is 1.00 e. The van der Waals surface area contributed by atoms with Crippen molar-refractivity contribution in [1.29, 1.82) is 0 Å². The number of hydrogen-bond donors (Lipinski definition) is 2. The first-order valence-electron chi connectivity index (χ1n) is 25.6. The van der Waals surface area contributed by atoms with Gasteiger partial charge in [-0.25, -0.2) is 31.6 Å². The summed E-state index contributed by atoms with van der Waals surface area (Å²) in [5, 5.41) is 34.5. The molecule has 5 aromatic heterocycles. The Balaban J connectivity index is 0.000000297. The average Bonchev–Trinajstić information content (AvgIpc) is 4.42. The number of hydrogen-bond acceptors (Lipinski definition) is 10. The van der Waals surface area contributed by atoms with Crippen molar-refractivity contribution in [3.63, 3.8) is 0 Å². The average molecular weight is 1240 g/mol. The van der Waals surface area contributed by atoms with Gasteiger partial charge in [0.15, 0.2) is 11.2 Å². The van der Waals surface area contributed by atoms with E-state index in [9.17, 15) is 32.6 Å². The Morgan fingerprint density at radius 1 is 0.602 bits per heavy atom. The maximum atomic E-state index is 16.2. The van der Waals surface area contributed by atoms with Crippen molar-refractivity contribution >= 4 is 27.3 Å². The summed E-state index contributed by atoms with van der Waals surface area (Å²) in [6.45, 7) is 7.81. The van der Waals surface area contributed by atoms with Gasteiger partial charge in [0.1, 0.15) is 41.0 Å². The van der Waals surface area contributed by atoms with E-state index in [0.717, 1.165) is 107 Å². The summed E-state index contributed by atoms with van der Waals surface area (Å²) in [4.78, 5) is 25.3. The van der Waals surface area contributed by atoms with Gasteiger partial charge in [0, 0.05) is 108 Å². The number of aromatic nitrogens is 9. The fourth-order valence-electron chi connectivity index (χ4n) is 9.91. The van der Waals surface area contributed by atoms with Crippen LogP contribution in [0.25, 0.3) is 16.8 Å². The van der Waals surface area contributed by atoms with Gasteiger partial charge in [-0.2, -0.15) is 32.9 Å². The smallest absolute Gasteiger partial charge is 0.377 e. The summed E-state index contributed by atoms with van der Waals surface area (Å²) in [5.41, 5.74) is -5.26. The number of aliphatic hydroxyl groups is 2. The molecule has 0 radical (unpaired) electrons. The fraction of sp³-hybridized carbons (Fsp3) is 0.271. The van der Waals surface area contributed by atoms with Crippen LogP contribution in [-0.4, -0.2) is 80.3 Å².